The number of carbonyl (C=O) groups excluding carboxylic acids is 3. The first-order valence-corrected chi connectivity index (χ1v) is 15.1. The summed E-state index contributed by atoms with van der Waals surface area (Å²) in [5, 5.41) is 27.0. The molecule has 3 amide bonds. The van der Waals surface area contributed by atoms with E-state index in [1.54, 1.807) is 18.3 Å². The number of rotatable bonds is 17. The maximum Gasteiger partial charge on any atom is 0.326 e. The van der Waals surface area contributed by atoms with Crippen molar-refractivity contribution in [1.82, 2.24) is 25.9 Å². The lowest BCUT2D eigenvalue weighted by atomic mass is 10.0. The maximum absolute atomic E-state index is 13.3. The van der Waals surface area contributed by atoms with E-state index in [0.717, 1.165) is 0 Å². The number of carbonyl (C=O) groups is 4. The molecule has 0 fully saturated rings. The van der Waals surface area contributed by atoms with E-state index >= 15 is 0 Å². The summed E-state index contributed by atoms with van der Waals surface area (Å²) in [6.45, 7) is 0. The minimum absolute atomic E-state index is 0.0370. The Hall–Kier alpha value is -3.23. The van der Waals surface area contributed by atoms with Crippen LogP contribution in [0.3, 0.4) is 0 Å². The Balaban J connectivity index is 2.19. The zero-order chi connectivity index (χ0) is 28.8. The zero-order valence-corrected chi connectivity index (χ0v) is 23.5. The fourth-order valence-corrected chi connectivity index (χ4v) is 4.57. The van der Waals surface area contributed by atoms with Crippen molar-refractivity contribution in [3.05, 3.63) is 48.0 Å². The number of benzene rings is 1. The molecule has 12 nitrogen and oxygen atoms in total. The first kappa shape index (κ1) is 32.0. The minimum atomic E-state index is -1.18. The Kier molecular flexibility index (Phi) is 13.7. The number of aliphatic carboxylic acids is 1. The molecule has 8 N–H and O–H groups in total. The van der Waals surface area contributed by atoms with Crippen molar-refractivity contribution in [3.8, 4) is 5.75 Å². The van der Waals surface area contributed by atoms with Gasteiger partial charge in [0.05, 0.1) is 12.4 Å². The fraction of sp³-hybridized carbons (Fsp3) is 0.480. The van der Waals surface area contributed by atoms with Crippen molar-refractivity contribution < 1.29 is 29.4 Å². The van der Waals surface area contributed by atoms with E-state index in [-0.39, 0.29) is 31.4 Å². The highest BCUT2D eigenvalue weighted by Gasteiger charge is 2.30. The van der Waals surface area contributed by atoms with Crippen molar-refractivity contribution in [2.24, 2.45) is 5.73 Å². The third kappa shape index (κ3) is 11.2. The second-order valence-electron chi connectivity index (χ2n) is 8.84. The number of aromatic hydroxyl groups is 1. The molecule has 1 aromatic carbocycles. The van der Waals surface area contributed by atoms with Crippen LogP contribution in [0, 0.1) is 0 Å². The third-order valence-electron chi connectivity index (χ3n) is 5.81. The van der Waals surface area contributed by atoms with Gasteiger partial charge in [-0.15, -0.1) is 0 Å². The number of carboxylic acids is 1. The average molecular weight is 581 g/mol. The molecule has 0 spiro atoms. The van der Waals surface area contributed by atoms with Crippen LogP contribution in [-0.2, 0) is 32.0 Å². The van der Waals surface area contributed by atoms with Gasteiger partial charge in [-0.3, -0.25) is 14.4 Å². The normalized spacial score (nSPS) is 14.0. The Morgan fingerprint density at radius 1 is 0.897 bits per heavy atom. The van der Waals surface area contributed by atoms with Crippen molar-refractivity contribution >= 4 is 47.2 Å². The lowest BCUT2D eigenvalue weighted by Crippen LogP contribution is -2.58. The second kappa shape index (κ2) is 16.7. The van der Waals surface area contributed by atoms with Gasteiger partial charge < -0.3 is 36.9 Å². The van der Waals surface area contributed by atoms with E-state index in [1.807, 2.05) is 12.5 Å². The molecule has 4 unspecified atom stereocenters. The number of phenols is 1. The fourth-order valence-electron chi connectivity index (χ4n) is 3.62. The van der Waals surface area contributed by atoms with Gasteiger partial charge in [-0.05, 0) is 54.6 Å². The van der Waals surface area contributed by atoms with Crippen LogP contribution in [0.5, 0.6) is 5.75 Å². The first-order chi connectivity index (χ1) is 18.6. The molecule has 0 saturated carbocycles. The number of aromatic nitrogens is 2. The Morgan fingerprint density at radius 3 is 2.03 bits per heavy atom. The Labute approximate surface area is 235 Å². The summed E-state index contributed by atoms with van der Waals surface area (Å²) in [4.78, 5) is 57.8. The topological polar surface area (TPSA) is 200 Å². The van der Waals surface area contributed by atoms with Crippen molar-refractivity contribution in [2.45, 2.75) is 49.9 Å². The molecule has 0 aliphatic carbocycles. The number of imidazole rings is 1. The molecule has 4 atom stereocenters. The molecule has 214 valence electrons. The van der Waals surface area contributed by atoms with Crippen LogP contribution in [0.4, 0.5) is 0 Å². The number of carboxylic acid groups (broad SMARTS) is 1. The predicted molar refractivity (Wildman–Crippen MR) is 152 cm³/mol. The summed E-state index contributed by atoms with van der Waals surface area (Å²) in [7, 11) is 0. The largest absolute Gasteiger partial charge is 0.508 e. The summed E-state index contributed by atoms with van der Waals surface area (Å²) in [5.74, 6) is -1.86. The van der Waals surface area contributed by atoms with Crippen LogP contribution in [0.2, 0.25) is 0 Å². The number of phenolic OH excluding ortho intramolecular Hbond substituents is 1. The molecule has 1 heterocycles. The van der Waals surface area contributed by atoms with Gasteiger partial charge >= 0.3 is 5.97 Å². The monoisotopic (exact) mass is 580 g/mol. The number of hydrogen-bond acceptors (Lipinski definition) is 9. The third-order valence-corrected chi connectivity index (χ3v) is 7.10. The smallest absolute Gasteiger partial charge is 0.326 e. The lowest BCUT2D eigenvalue weighted by Gasteiger charge is -2.25. The van der Waals surface area contributed by atoms with Crippen LogP contribution < -0.4 is 21.7 Å². The highest BCUT2D eigenvalue weighted by atomic mass is 32.2. The van der Waals surface area contributed by atoms with Crippen molar-refractivity contribution in [2.75, 3.05) is 24.0 Å². The van der Waals surface area contributed by atoms with Crippen molar-refractivity contribution in [1.29, 1.82) is 0 Å². The number of hydrogen-bond donors (Lipinski definition) is 7. The van der Waals surface area contributed by atoms with E-state index in [0.29, 0.717) is 22.8 Å². The Morgan fingerprint density at radius 2 is 1.46 bits per heavy atom. The van der Waals surface area contributed by atoms with Crippen LogP contribution in [0.25, 0.3) is 0 Å². The molecule has 0 saturated heterocycles. The highest BCUT2D eigenvalue weighted by molar-refractivity contribution is 7.98. The SMILES string of the molecule is CSCCC(NC(=O)C(Cc1ccc(O)cc1)NC(=O)C(CCSC)NC(=O)C(N)Cc1cnc[nH]1)C(=O)O. The van der Waals surface area contributed by atoms with Gasteiger partial charge in [-0.1, -0.05) is 12.1 Å². The van der Waals surface area contributed by atoms with E-state index in [9.17, 15) is 29.4 Å². The predicted octanol–water partition coefficient (Wildman–Crippen LogP) is 0.273. The van der Waals surface area contributed by atoms with Crippen molar-refractivity contribution in [3.63, 3.8) is 0 Å². The summed E-state index contributed by atoms with van der Waals surface area (Å²) in [5.41, 5.74) is 7.34. The van der Waals surface area contributed by atoms with Crippen LogP contribution in [0.1, 0.15) is 24.1 Å². The molecular formula is C25H36N6O6S2. The van der Waals surface area contributed by atoms with Gasteiger partial charge in [-0.25, -0.2) is 9.78 Å². The number of nitrogens with one attached hydrogen (secondary N) is 4. The molecule has 1 aromatic heterocycles. The number of nitrogens with zero attached hydrogens (tertiary/aromatic N) is 1. The summed E-state index contributed by atoms with van der Waals surface area (Å²) >= 11 is 2.94. The molecular weight excluding hydrogens is 544 g/mol. The van der Waals surface area contributed by atoms with E-state index in [1.165, 1.54) is 42.0 Å². The number of thioether (sulfide) groups is 2. The average Bonchev–Trinajstić information content (AvgIpc) is 3.42. The summed E-state index contributed by atoms with van der Waals surface area (Å²) in [6.07, 6.45) is 7.46. The number of amides is 3. The number of aromatic amines is 1. The van der Waals surface area contributed by atoms with Crippen LogP contribution in [0.15, 0.2) is 36.8 Å². The van der Waals surface area contributed by atoms with Gasteiger partial charge in [-0.2, -0.15) is 23.5 Å². The molecule has 0 aliphatic heterocycles. The highest BCUT2D eigenvalue weighted by Crippen LogP contribution is 2.13. The van der Waals surface area contributed by atoms with Gasteiger partial charge in [0.15, 0.2) is 0 Å². The first-order valence-electron chi connectivity index (χ1n) is 12.3. The minimum Gasteiger partial charge on any atom is -0.508 e. The lowest BCUT2D eigenvalue weighted by molar-refractivity contribution is -0.142. The number of nitrogens with two attached hydrogens (primary N) is 1. The second-order valence-corrected chi connectivity index (χ2v) is 10.8. The van der Waals surface area contributed by atoms with Gasteiger partial charge in [0.2, 0.25) is 17.7 Å². The molecule has 0 radical (unpaired) electrons. The van der Waals surface area contributed by atoms with E-state index in [2.05, 4.69) is 25.9 Å². The molecule has 0 bridgehead atoms. The molecule has 2 rings (SSSR count). The molecule has 39 heavy (non-hydrogen) atoms. The van der Waals surface area contributed by atoms with E-state index in [4.69, 9.17) is 5.73 Å². The maximum atomic E-state index is 13.3. The number of H-pyrrole nitrogens is 1. The Bertz CT molecular complexity index is 1070. The van der Waals surface area contributed by atoms with Gasteiger partial charge in [0.1, 0.15) is 23.9 Å². The van der Waals surface area contributed by atoms with Crippen LogP contribution >= 0.6 is 23.5 Å². The summed E-state index contributed by atoms with van der Waals surface area (Å²) < 4.78 is 0. The van der Waals surface area contributed by atoms with Crippen LogP contribution in [-0.4, -0.2) is 92.1 Å². The standard InChI is InChI=1S/C25H36N6O6S2/c1-38-9-7-19(29-22(33)18(26)12-16-13-27-14-28-16)23(34)31-21(11-15-3-5-17(32)6-4-15)24(35)30-20(25(36)37)8-10-39-2/h3-6,13-14,18-21,32H,7-12,26H2,1-2H3,(H,27,28)(H,29,33)(H,30,35)(H,31,34)(H,36,37). The summed E-state index contributed by atoms with van der Waals surface area (Å²) in [6, 6.07) is 1.94. The quantitative estimate of drug-likeness (QED) is 0.136. The molecule has 2 aromatic rings. The van der Waals surface area contributed by atoms with E-state index < -0.39 is 47.9 Å². The van der Waals surface area contributed by atoms with Gasteiger partial charge in [0, 0.05) is 24.7 Å². The molecule has 14 heteroatoms. The van der Waals surface area contributed by atoms with Gasteiger partial charge in [0.25, 0.3) is 0 Å². The zero-order valence-electron chi connectivity index (χ0n) is 21.9. The molecule has 0 aliphatic rings.